The summed E-state index contributed by atoms with van der Waals surface area (Å²) in [5, 5.41) is 0.440. The summed E-state index contributed by atoms with van der Waals surface area (Å²) in [6.07, 6.45) is 4.66. The Kier molecular flexibility index (Phi) is 4.39. The molecule has 2 aromatic rings. The van der Waals surface area contributed by atoms with Crippen molar-refractivity contribution in [3.8, 4) is 0 Å². The van der Waals surface area contributed by atoms with Gasteiger partial charge in [-0.15, -0.1) is 0 Å². The first kappa shape index (κ1) is 18.3. The molecule has 5 nitrogen and oxygen atoms in total. The number of Topliss-reactive ketones (excluding diaryl/α,β-unsaturated/α-hetero) is 1. The van der Waals surface area contributed by atoms with Gasteiger partial charge in [-0.3, -0.25) is 14.5 Å². The molecular weight excluding hydrogens is 395 g/mol. The van der Waals surface area contributed by atoms with Gasteiger partial charge in [0, 0.05) is 6.20 Å². The van der Waals surface area contributed by atoms with Crippen LogP contribution in [0, 0.1) is 11.7 Å². The van der Waals surface area contributed by atoms with Crippen molar-refractivity contribution in [2.24, 2.45) is 5.92 Å². The predicted molar refractivity (Wildman–Crippen MR) is 105 cm³/mol. The fourth-order valence-electron chi connectivity index (χ4n) is 4.55. The summed E-state index contributed by atoms with van der Waals surface area (Å²) in [4.78, 5) is 32.5. The maximum absolute atomic E-state index is 13.5. The SMILES string of the molecule is O=C1C2=C(OC3CCCCC13)C(=O)N(c1ccc(Cl)cn1)C2c1ccc(F)cc1. The Hall–Kier alpha value is -2.73. The maximum Gasteiger partial charge on any atom is 0.295 e. The van der Waals surface area contributed by atoms with Gasteiger partial charge in [0.1, 0.15) is 17.7 Å². The van der Waals surface area contributed by atoms with E-state index in [4.69, 9.17) is 16.3 Å². The minimum atomic E-state index is -0.706. The molecule has 0 N–H and O–H groups in total. The molecule has 1 aromatic heterocycles. The van der Waals surface area contributed by atoms with Crippen LogP contribution in [-0.4, -0.2) is 22.8 Å². The zero-order chi connectivity index (χ0) is 20.1. The van der Waals surface area contributed by atoms with Crippen molar-refractivity contribution in [3.05, 3.63) is 70.3 Å². The number of pyridine rings is 1. The molecule has 3 aliphatic rings. The van der Waals surface area contributed by atoms with Gasteiger partial charge >= 0.3 is 0 Å². The molecule has 3 heterocycles. The number of anilines is 1. The molecule has 5 rings (SSSR count). The molecule has 148 valence electrons. The van der Waals surface area contributed by atoms with E-state index in [9.17, 15) is 14.0 Å². The van der Waals surface area contributed by atoms with E-state index in [2.05, 4.69) is 4.98 Å². The van der Waals surface area contributed by atoms with E-state index < -0.39 is 11.9 Å². The molecule has 3 atom stereocenters. The number of carbonyl (C=O) groups excluding carboxylic acids is 2. The number of ketones is 1. The second-order valence-corrected chi connectivity index (χ2v) is 8.05. The van der Waals surface area contributed by atoms with Gasteiger partial charge in [-0.05, 0) is 49.1 Å². The molecule has 3 unspecified atom stereocenters. The number of nitrogens with zero attached hydrogens (tertiary/aromatic N) is 2. The summed E-state index contributed by atoms with van der Waals surface area (Å²) in [6, 6.07) is 8.39. The first-order valence-corrected chi connectivity index (χ1v) is 10.1. The van der Waals surface area contributed by atoms with Crippen molar-refractivity contribution < 1.29 is 18.7 Å². The number of hydrogen-bond donors (Lipinski definition) is 0. The highest BCUT2D eigenvalue weighted by Crippen LogP contribution is 2.47. The third kappa shape index (κ3) is 2.94. The summed E-state index contributed by atoms with van der Waals surface area (Å²) >= 11 is 5.96. The van der Waals surface area contributed by atoms with Crippen LogP contribution < -0.4 is 4.90 Å². The average molecular weight is 413 g/mol. The second-order valence-electron chi connectivity index (χ2n) is 7.62. The number of benzene rings is 1. The average Bonchev–Trinajstić information content (AvgIpc) is 3.02. The van der Waals surface area contributed by atoms with Crippen molar-refractivity contribution in [2.45, 2.75) is 37.8 Å². The number of amides is 1. The zero-order valence-corrected chi connectivity index (χ0v) is 16.2. The van der Waals surface area contributed by atoms with Gasteiger partial charge in [0.05, 0.1) is 22.6 Å². The lowest BCUT2D eigenvalue weighted by atomic mass is 9.77. The van der Waals surface area contributed by atoms with Crippen LogP contribution in [0.3, 0.4) is 0 Å². The van der Waals surface area contributed by atoms with Gasteiger partial charge in [-0.2, -0.15) is 0 Å². The van der Waals surface area contributed by atoms with Gasteiger partial charge < -0.3 is 4.74 Å². The van der Waals surface area contributed by atoms with Gasteiger partial charge in [0.2, 0.25) is 0 Å². The Morgan fingerprint density at radius 1 is 1.07 bits per heavy atom. The lowest BCUT2D eigenvalue weighted by molar-refractivity contribution is -0.131. The number of hydrogen-bond acceptors (Lipinski definition) is 4. The Bertz CT molecular complexity index is 1020. The predicted octanol–water partition coefficient (Wildman–Crippen LogP) is 4.37. The van der Waals surface area contributed by atoms with Crippen molar-refractivity contribution in [2.75, 3.05) is 4.90 Å². The number of rotatable bonds is 2. The van der Waals surface area contributed by atoms with E-state index in [1.54, 1.807) is 24.3 Å². The summed E-state index contributed by atoms with van der Waals surface area (Å²) in [7, 11) is 0. The maximum atomic E-state index is 13.5. The van der Waals surface area contributed by atoms with E-state index in [0.29, 0.717) is 22.0 Å². The highest BCUT2D eigenvalue weighted by atomic mass is 35.5. The normalized spacial score (nSPS) is 26.3. The van der Waals surface area contributed by atoms with Crippen LogP contribution in [0.5, 0.6) is 0 Å². The fraction of sp³-hybridized carbons (Fsp3) is 0.318. The van der Waals surface area contributed by atoms with Gasteiger partial charge in [-0.1, -0.05) is 30.2 Å². The van der Waals surface area contributed by atoms with E-state index in [1.807, 2.05) is 0 Å². The molecule has 1 aromatic carbocycles. The fourth-order valence-corrected chi connectivity index (χ4v) is 4.66. The lowest BCUT2D eigenvalue weighted by Gasteiger charge is -2.35. The molecular formula is C22H18ClFN2O3. The summed E-state index contributed by atoms with van der Waals surface area (Å²) < 4.78 is 19.6. The van der Waals surface area contributed by atoms with Crippen molar-refractivity contribution >= 4 is 29.1 Å². The van der Waals surface area contributed by atoms with Crippen LogP contribution in [0.15, 0.2) is 53.9 Å². The zero-order valence-electron chi connectivity index (χ0n) is 15.5. The van der Waals surface area contributed by atoms with Crippen LogP contribution in [0.4, 0.5) is 10.2 Å². The molecule has 29 heavy (non-hydrogen) atoms. The molecule has 1 saturated carbocycles. The smallest absolute Gasteiger partial charge is 0.295 e. The number of carbonyl (C=O) groups is 2. The molecule has 0 bridgehead atoms. The lowest BCUT2D eigenvalue weighted by Crippen LogP contribution is -2.39. The molecule has 0 radical (unpaired) electrons. The molecule has 0 saturated heterocycles. The minimum absolute atomic E-state index is 0.0462. The Balaban J connectivity index is 1.65. The van der Waals surface area contributed by atoms with Gasteiger partial charge in [0.25, 0.3) is 5.91 Å². The number of ether oxygens (including phenoxy) is 1. The molecule has 1 aliphatic carbocycles. The third-order valence-corrected chi connectivity index (χ3v) is 6.13. The highest BCUT2D eigenvalue weighted by molar-refractivity contribution is 6.30. The number of fused-ring (bicyclic) bond motifs is 1. The molecule has 2 aliphatic heterocycles. The summed E-state index contributed by atoms with van der Waals surface area (Å²) in [6.45, 7) is 0. The van der Waals surface area contributed by atoms with Gasteiger partial charge in [0.15, 0.2) is 11.5 Å². The largest absolute Gasteiger partial charge is 0.483 e. The Morgan fingerprint density at radius 2 is 1.83 bits per heavy atom. The van der Waals surface area contributed by atoms with Crippen LogP contribution in [-0.2, 0) is 14.3 Å². The van der Waals surface area contributed by atoms with Crippen molar-refractivity contribution in [3.63, 3.8) is 0 Å². The molecule has 1 amide bonds. The number of aromatic nitrogens is 1. The molecule has 7 heteroatoms. The van der Waals surface area contributed by atoms with E-state index in [-0.39, 0.29) is 29.4 Å². The first-order chi connectivity index (χ1) is 14.0. The highest BCUT2D eigenvalue weighted by Gasteiger charge is 2.52. The van der Waals surface area contributed by atoms with E-state index in [1.165, 1.54) is 23.2 Å². The van der Waals surface area contributed by atoms with Crippen molar-refractivity contribution in [1.29, 1.82) is 0 Å². The Labute approximate surface area is 172 Å². The van der Waals surface area contributed by atoms with Crippen LogP contribution >= 0.6 is 11.6 Å². The second kappa shape index (κ2) is 6.95. The first-order valence-electron chi connectivity index (χ1n) is 9.70. The summed E-state index contributed by atoms with van der Waals surface area (Å²) in [5.41, 5.74) is 0.981. The van der Waals surface area contributed by atoms with Crippen LogP contribution in [0.25, 0.3) is 0 Å². The standard InChI is InChI=1S/C22H18ClFN2O3/c23-13-7-10-17(25-11-13)26-19(12-5-8-14(24)9-6-12)18-20(27)15-3-1-2-4-16(15)29-21(18)22(26)28/h5-11,15-16,19H,1-4H2. The minimum Gasteiger partial charge on any atom is -0.483 e. The van der Waals surface area contributed by atoms with E-state index in [0.717, 1.165) is 25.7 Å². The number of halogens is 2. The monoisotopic (exact) mass is 412 g/mol. The van der Waals surface area contributed by atoms with Gasteiger partial charge in [-0.25, -0.2) is 9.37 Å². The molecule has 0 spiro atoms. The van der Waals surface area contributed by atoms with E-state index >= 15 is 0 Å². The summed E-state index contributed by atoms with van der Waals surface area (Å²) in [5.74, 6) is -0.610. The molecule has 1 fully saturated rings. The van der Waals surface area contributed by atoms with Crippen molar-refractivity contribution in [1.82, 2.24) is 4.98 Å². The third-order valence-electron chi connectivity index (χ3n) is 5.91. The Morgan fingerprint density at radius 3 is 2.55 bits per heavy atom. The quantitative estimate of drug-likeness (QED) is 0.734. The van der Waals surface area contributed by atoms with Crippen LogP contribution in [0.2, 0.25) is 5.02 Å². The van der Waals surface area contributed by atoms with Crippen LogP contribution in [0.1, 0.15) is 37.3 Å². The topological polar surface area (TPSA) is 59.5 Å².